The maximum Gasteiger partial charge on any atom is 0.409 e. The molecule has 0 N–H and O–H groups in total. The lowest BCUT2D eigenvalue weighted by molar-refractivity contribution is 0.0429. The SMILES string of the molecule is CCOC(=O)N1CC[C@@H](OS(=O)c2ccc(C)cc2)C[C@@H]1CC. The molecule has 0 aliphatic carbocycles. The molecule has 0 saturated carbocycles. The summed E-state index contributed by atoms with van der Waals surface area (Å²) in [4.78, 5) is 14.4. The Balaban J connectivity index is 1.94. The first-order valence-electron chi connectivity index (χ1n) is 8.14. The van der Waals surface area contributed by atoms with Crippen molar-refractivity contribution >= 4 is 17.2 Å². The van der Waals surface area contributed by atoms with E-state index in [2.05, 4.69) is 0 Å². The normalized spacial score (nSPS) is 22.7. The fraction of sp³-hybridized carbons (Fsp3) is 0.588. The molecule has 6 heteroatoms. The van der Waals surface area contributed by atoms with E-state index in [0.717, 1.165) is 12.0 Å². The van der Waals surface area contributed by atoms with E-state index in [0.29, 0.717) is 30.9 Å². The van der Waals surface area contributed by atoms with Gasteiger partial charge in [0.2, 0.25) is 0 Å². The molecule has 0 spiro atoms. The van der Waals surface area contributed by atoms with E-state index < -0.39 is 11.1 Å². The Morgan fingerprint density at radius 3 is 2.61 bits per heavy atom. The molecule has 1 heterocycles. The third-order valence-corrected chi connectivity index (χ3v) is 5.18. The van der Waals surface area contributed by atoms with Gasteiger partial charge in [-0.2, -0.15) is 0 Å². The van der Waals surface area contributed by atoms with Gasteiger partial charge in [-0.05, 0) is 45.2 Å². The van der Waals surface area contributed by atoms with E-state index >= 15 is 0 Å². The Bertz CT molecular complexity index is 546. The average Bonchev–Trinajstić information content (AvgIpc) is 2.55. The third-order valence-electron chi connectivity index (χ3n) is 4.08. The van der Waals surface area contributed by atoms with Crippen LogP contribution >= 0.6 is 0 Å². The molecule has 1 amide bonds. The second-order valence-electron chi connectivity index (χ2n) is 5.74. The van der Waals surface area contributed by atoms with Crippen LogP contribution in [0, 0.1) is 6.92 Å². The van der Waals surface area contributed by atoms with Gasteiger partial charge in [0.05, 0.1) is 17.6 Å². The van der Waals surface area contributed by atoms with E-state index in [1.807, 2.05) is 38.1 Å². The zero-order valence-electron chi connectivity index (χ0n) is 14.0. The molecule has 1 aliphatic rings. The molecule has 0 radical (unpaired) electrons. The number of ether oxygens (including phenoxy) is 1. The van der Waals surface area contributed by atoms with Crippen LogP contribution < -0.4 is 0 Å². The number of carbonyl (C=O) groups excluding carboxylic acids is 1. The summed E-state index contributed by atoms with van der Waals surface area (Å²) in [6, 6.07) is 7.58. The highest BCUT2D eigenvalue weighted by Gasteiger charge is 2.32. The fourth-order valence-corrected chi connectivity index (χ4v) is 3.66. The number of rotatable bonds is 5. The summed E-state index contributed by atoms with van der Waals surface area (Å²) in [6.07, 6.45) is 1.82. The number of amides is 1. The summed E-state index contributed by atoms with van der Waals surface area (Å²) in [6.45, 7) is 6.79. The molecule has 23 heavy (non-hydrogen) atoms. The van der Waals surface area contributed by atoms with Gasteiger partial charge in [0.15, 0.2) is 11.1 Å². The lowest BCUT2D eigenvalue weighted by Crippen LogP contribution is -2.48. The van der Waals surface area contributed by atoms with Crippen molar-refractivity contribution in [3.05, 3.63) is 29.8 Å². The molecule has 1 aromatic carbocycles. The van der Waals surface area contributed by atoms with Crippen molar-refractivity contribution in [1.82, 2.24) is 4.90 Å². The summed E-state index contributed by atoms with van der Waals surface area (Å²) in [5.41, 5.74) is 1.12. The van der Waals surface area contributed by atoms with Crippen molar-refractivity contribution in [2.75, 3.05) is 13.2 Å². The van der Waals surface area contributed by atoms with Gasteiger partial charge in [-0.25, -0.2) is 9.00 Å². The largest absolute Gasteiger partial charge is 0.450 e. The molecular weight excluding hydrogens is 314 g/mol. The van der Waals surface area contributed by atoms with Crippen LogP contribution in [0.3, 0.4) is 0 Å². The molecule has 1 fully saturated rings. The summed E-state index contributed by atoms with van der Waals surface area (Å²) in [5.74, 6) is 0. The molecule has 1 saturated heterocycles. The zero-order valence-corrected chi connectivity index (χ0v) is 14.8. The summed E-state index contributed by atoms with van der Waals surface area (Å²) >= 11 is -1.47. The van der Waals surface area contributed by atoms with Crippen molar-refractivity contribution < 1.29 is 17.9 Å². The van der Waals surface area contributed by atoms with Gasteiger partial charge in [-0.3, -0.25) is 4.18 Å². The van der Waals surface area contributed by atoms with E-state index in [-0.39, 0.29) is 18.2 Å². The predicted molar refractivity (Wildman–Crippen MR) is 89.5 cm³/mol. The summed E-state index contributed by atoms with van der Waals surface area (Å²) in [5, 5.41) is 0. The third kappa shape index (κ3) is 4.78. The number of piperidine rings is 1. The Morgan fingerprint density at radius 2 is 2.00 bits per heavy atom. The van der Waals surface area contributed by atoms with Crippen LogP contribution in [0.4, 0.5) is 4.79 Å². The number of likely N-dealkylation sites (tertiary alicyclic amines) is 1. The monoisotopic (exact) mass is 339 g/mol. The van der Waals surface area contributed by atoms with E-state index in [4.69, 9.17) is 8.92 Å². The Labute approximate surface area is 140 Å². The van der Waals surface area contributed by atoms with Crippen molar-refractivity contribution in [2.45, 2.75) is 57.1 Å². The smallest absolute Gasteiger partial charge is 0.409 e. The maximum absolute atomic E-state index is 12.3. The van der Waals surface area contributed by atoms with Crippen LogP contribution in [0.5, 0.6) is 0 Å². The number of hydrogen-bond donors (Lipinski definition) is 0. The van der Waals surface area contributed by atoms with Crippen molar-refractivity contribution in [3.63, 3.8) is 0 Å². The lowest BCUT2D eigenvalue weighted by Gasteiger charge is -2.37. The predicted octanol–water partition coefficient (Wildman–Crippen LogP) is 3.43. The molecule has 5 nitrogen and oxygen atoms in total. The quantitative estimate of drug-likeness (QED) is 0.825. The second kappa shape index (κ2) is 8.45. The van der Waals surface area contributed by atoms with E-state index in [9.17, 15) is 9.00 Å². The minimum Gasteiger partial charge on any atom is -0.450 e. The lowest BCUT2D eigenvalue weighted by atomic mass is 9.98. The van der Waals surface area contributed by atoms with Gasteiger partial charge >= 0.3 is 6.09 Å². The number of benzene rings is 1. The molecule has 1 unspecified atom stereocenters. The highest BCUT2D eigenvalue weighted by atomic mass is 32.2. The Hall–Kier alpha value is -1.40. The van der Waals surface area contributed by atoms with Crippen molar-refractivity contribution in [3.8, 4) is 0 Å². The van der Waals surface area contributed by atoms with Crippen molar-refractivity contribution in [1.29, 1.82) is 0 Å². The standard InChI is InChI=1S/C17H25NO4S/c1-4-14-12-15(10-11-18(14)17(19)21-5-2)22-23(20)16-8-6-13(3)7-9-16/h6-9,14-15H,4-5,10-12H2,1-3H3/t14-,15+,23?/m0/s1. The minimum atomic E-state index is -1.47. The average molecular weight is 339 g/mol. The molecule has 3 atom stereocenters. The van der Waals surface area contributed by atoms with Crippen LogP contribution in [-0.2, 0) is 20.0 Å². The van der Waals surface area contributed by atoms with Crippen LogP contribution in [0.1, 0.15) is 38.7 Å². The fourth-order valence-electron chi connectivity index (χ4n) is 2.76. The molecule has 1 aromatic rings. The summed E-state index contributed by atoms with van der Waals surface area (Å²) in [7, 11) is 0. The van der Waals surface area contributed by atoms with E-state index in [1.165, 1.54) is 0 Å². The number of aryl methyl sites for hydroxylation is 1. The minimum absolute atomic E-state index is 0.0721. The van der Waals surface area contributed by atoms with Crippen LogP contribution in [0.2, 0.25) is 0 Å². The van der Waals surface area contributed by atoms with Crippen LogP contribution in [0.25, 0.3) is 0 Å². The Kier molecular flexibility index (Phi) is 6.59. The molecule has 128 valence electrons. The summed E-state index contributed by atoms with van der Waals surface area (Å²) < 4.78 is 23.1. The first kappa shape index (κ1) is 17.9. The number of carbonyl (C=O) groups is 1. The van der Waals surface area contributed by atoms with Gasteiger partial charge in [0.1, 0.15) is 0 Å². The molecule has 0 bridgehead atoms. The van der Waals surface area contributed by atoms with Crippen LogP contribution in [-0.4, -0.2) is 40.5 Å². The molecular formula is C17H25NO4S. The Morgan fingerprint density at radius 1 is 1.30 bits per heavy atom. The highest BCUT2D eigenvalue weighted by molar-refractivity contribution is 7.80. The topological polar surface area (TPSA) is 55.8 Å². The van der Waals surface area contributed by atoms with Gasteiger partial charge in [-0.15, -0.1) is 0 Å². The van der Waals surface area contributed by atoms with Crippen molar-refractivity contribution in [2.24, 2.45) is 0 Å². The zero-order chi connectivity index (χ0) is 16.8. The van der Waals surface area contributed by atoms with Gasteiger partial charge in [-0.1, -0.05) is 24.6 Å². The second-order valence-corrected chi connectivity index (χ2v) is 6.88. The number of hydrogen-bond acceptors (Lipinski definition) is 4. The first-order chi connectivity index (χ1) is 11.0. The highest BCUT2D eigenvalue weighted by Crippen LogP contribution is 2.25. The maximum atomic E-state index is 12.3. The molecule has 1 aliphatic heterocycles. The van der Waals surface area contributed by atoms with Gasteiger partial charge in [0, 0.05) is 12.6 Å². The van der Waals surface area contributed by atoms with Gasteiger partial charge in [0.25, 0.3) is 0 Å². The van der Waals surface area contributed by atoms with Crippen LogP contribution in [0.15, 0.2) is 29.2 Å². The molecule has 2 rings (SSSR count). The first-order valence-corrected chi connectivity index (χ1v) is 9.21. The van der Waals surface area contributed by atoms with E-state index in [1.54, 1.807) is 11.8 Å². The molecule has 0 aromatic heterocycles. The number of nitrogens with zero attached hydrogens (tertiary/aromatic N) is 1. The van der Waals surface area contributed by atoms with Gasteiger partial charge < -0.3 is 9.64 Å².